The maximum Gasteiger partial charge on any atom is 0.411 e. The number of unbranched alkanes of at least 4 members (excludes halogenated alkanes) is 1. The second-order valence-electron chi connectivity index (χ2n) is 5.39. The van der Waals surface area contributed by atoms with Gasteiger partial charge in [-0.2, -0.15) is 0 Å². The Morgan fingerprint density at radius 1 is 1.35 bits per heavy atom. The second kappa shape index (κ2) is 8.26. The van der Waals surface area contributed by atoms with E-state index in [-0.39, 0.29) is 22.1 Å². The number of carbonyl (C=O) groups is 1. The number of halogens is 1. The number of rotatable bonds is 6. The molecule has 1 saturated heterocycles. The molecular formula is C15H20ClNO4S2. The van der Waals surface area contributed by atoms with E-state index < -0.39 is 15.9 Å². The lowest BCUT2D eigenvalue weighted by Gasteiger charge is -2.12. The summed E-state index contributed by atoms with van der Waals surface area (Å²) in [4.78, 5) is 12.5. The lowest BCUT2D eigenvalue weighted by atomic mass is 10.3. The van der Waals surface area contributed by atoms with Crippen LogP contribution in [0.2, 0.25) is 0 Å². The average Bonchev–Trinajstić information content (AvgIpc) is 2.73. The average molecular weight is 378 g/mol. The first kappa shape index (κ1) is 18.4. The Morgan fingerprint density at radius 2 is 2.04 bits per heavy atom. The first-order valence-corrected chi connectivity index (χ1v) is 10.6. The van der Waals surface area contributed by atoms with Crippen molar-refractivity contribution in [2.45, 2.75) is 35.3 Å². The molecule has 0 aliphatic carbocycles. The summed E-state index contributed by atoms with van der Waals surface area (Å²) in [5, 5.41) is 2.15. The molecule has 0 spiro atoms. The molecule has 0 bridgehead atoms. The summed E-state index contributed by atoms with van der Waals surface area (Å²) in [6.45, 7) is 2.43. The van der Waals surface area contributed by atoms with Crippen molar-refractivity contribution in [1.82, 2.24) is 0 Å². The Kier molecular flexibility index (Phi) is 6.61. The largest absolute Gasteiger partial charge is 0.449 e. The summed E-state index contributed by atoms with van der Waals surface area (Å²) < 4.78 is 28.2. The maximum atomic E-state index is 11.6. The van der Waals surface area contributed by atoms with E-state index in [9.17, 15) is 13.2 Å². The van der Waals surface area contributed by atoms with Crippen molar-refractivity contribution in [2.75, 3.05) is 23.4 Å². The number of anilines is 1. The topological polar surface area (TPSA) is 72.5 Å². The van der Waals surface area contributed by atoms with Gasteiger partial charge in [0.25, 0.3) is 0 Å². The number of thioether (sulfide) groups is 1. The Balaban J connectivity index is 1.86. The molecule has 1 N–H and O–H groups in total. The Bertz CT molecular complexity index is 633. The molecule has 2 atom stereocenters. The molecule has 0 aromatic heterocycles. The Morgan fingerprint density at radius 3 is 2.61 bits per heavy atom. The van der Waals surface area contributed by atoms with Gasteiger partial charge in [0.1, 0.15) is 0 Å². The van der Waals surface area contributed by atoms with Crippen LogP contribution in [-0.4, -0.2) is 43.3 Å². The van der Waals surface area contributed by atoms with Crippen LogP contribution in [0.5, 0.6) is 0 Å². The van der Waals surface area contributed by atoms with Crippen molar-refractivity contribution in [3.63, 3.8) is 0 Å². The number of ether oxygens (including phenoxy) is 1. The number of nitrogens with one attached hydrogen (secondary N) is 1. The van der Waals surface area contributed by atoms with Gasteiger partial charge in [0.05, 0.1) is 23.5 Å². The minimum absolute atomic E-state index is 0.0372. The quantitative estimate of drug-likeness (QED) is 0.606. The summed E-state index contributed by atoms with van der Waals surface area (Å²) in [6.07, 6.45) is 1.34. The standard InChI is InChI=1S/C15H20ClNO4S2/c1-2-3-8-21-15(18)17-11-4-6-12(7-5-11)22-14-10-23(19,20)9-13(14)16/h4-7,13-14H,2-3,8-10H2,1H3,(H,17,18)/t13-,14+/m0/s1. The number of alkyl halides is 1. The lowest BCUT2D eigenvalue weighted by Crippen LogP contribution is -2.14. The predicted molar refractivity (Wildman–Crippen MR) is 94.3 cm³/mol. The minimum atomic E-state index is -3.03. The normalized spacial score (nSPS) is 22.7. The molecule has 1 aromatic carbocycles. The molecule has 1 aromatic rings. The van der Waals surface area contributed by atoms with Crippen LogP contribution >= 0.6 is 23.4 Å². The van der Waals surface area contributed by atoms with E-state index >= 15 is 0 Å². The van der Waals surface area contributed by atoms with Crippen molar-refractivity contribution in [3.8, 4) is 0 Å². The van der Waals surface area contributed by atoms with Crippen LogP contribution < -0.4 is 5.32 Å². The molecule has 128 valence electrons. The number of sulfone groups is 1. The number of amides is 1. The smallest absolute Gasteiger partial charge is 0.411 e. The second-order valence-corrected chi connectivity index (χ2v) is 9.42. The van der Waals surface area contributed by atoms with Gasteiger partial charge >= 0.3 is 6.09 Å². The molecular weight excluding hydrogens is 358 g/mol. The number of carbonyl (C=O) groups excluding carboxylic acids is 1. The number of benzene rings is 1. The fourth-order valence-corrected chi connectivity index (χ4v) is 6.55. The van der Waals surface area contributed by atoms with Crippen LogP contribution in [0.4, 0.5) is 10.5 Å². The first-order valence-electron chi connectivity index (χ1n) is 7.44. The zero-order chi connectivity index (χ0) is 16.9. The van der Waals surface area contributed by atoms with Gasteiger partial charge in [-0.25, -0.2) is 13.2 Å². The van der Waals surface area contributed by atoms with E-state index in [0.717, 1.165) is 17.7 Å². The van der Waals surface area contributed by atoms with Crippen LogP contribution in [-0.2, 0) is 14.6 Å². The molecule has 1 amide bonds. The zero-order valence-electron chi connectivity index (χ0n) is 12.8. The van der Waals surface area contributed by atoms with Crippen molar-refractivity contribution in [2.24, 2.45) is 0 Å². The van der Waals surface area contributed by atoms with Crippen LogP contribution in [0.25, 0.3) is 0 Å². The van der Waals surface area contributed by atoms with Gasteiger partial charge in [-0.05, 0) is 30.7 Å². The van der Waals surface area contributed by atoms with Gasteiger partial charge in [-0.3, -0.25) is 5.32 Å². The van der Waals surface area contributed by atoms with E-state index in [2.05, 4.69) is 5.32 Å². The third kappa shape index (κ3) is 5.90. The van der Waals surface area contributed by atoms with E-state index in [1.54, 1.807) is 12.1 Å². The SMILES string of the molecule is CCCCOC(=O)Nc1ccc(S[C@@H]2CS(=O)(=O)C[C@@H]2Cl)cc1. The highest BCUT2D eigenvalue weighted by Gasteiger charge is 2.36. The molecule has 2 rings (SSSR count). The highest BCUT2D eigenvalue weighted by Crippen LogP contribution is 2.34. The van der Waals surface area contributed by atoms with E-state index in [1.165, 1.54) is 11.8 Å². The molecule has 1 aliphatic heterocycles. The third-order valence-electron chi connectivity index (χ3n) is 3.35. The lowest BCUT2D eigenvalue weighted by molar-refractivity contribution is 0.160. The van der Waals surface area contributed by atoms with Gasteiger partial charge < -0.3 is 4.74 Å². The van der Waals surface area contributed by atoms with Gasteiger partial charge in [-0.1, -0.05) is 13.3 Å². The zero-order valence-corrected chi connectivity index (χ0v) is 15.2. The summed E-state index contributed by atoms with van der Waals surface area (Å²) in [5.74, 6) is 0.144. The van der Waals surface area contributed by atoms with Crippen molar-refractivity contribution >= 4 is 45.0 Å². The molecule has 8 heteroatoms. The first-order chi connectivity index (χ1) is 10.9. The summed E-state index contributed by atoms with van der Waals surface area (Å²) in [5.41, 5.74) is 0.636. The van der Waals surface area contributed by atoms with Crippen molar-refractivity contribution in [3.05, 3.63) is 24.3 Å². The molecule has 0 saturated carbocycles. The van der Waals surface area contributed by atoms with Crippen molar-refractivity contribution in [1.29, 1.82) is 0 Å². The Labute approximate surface area is 146 Å². The highest BCUT2D eigenvalue weighted by atomic mass is 35.5. The third-order valence-corrected chi connectivity index (χ3v) is 7.43. The minimum Gasteiger partial charge on any atom is -0.449 e. The highest BCUT2D eigenvalue weighted by molar-refractivity contribution is 8.02. The van der Waals surface area contributed by atoms with E-state index in [1.807, 2.05) is 19.1 Å². The fraction of sp³-hybridized carbons (Fsp3) is 0.533. The summed E-state index contributed by atoms with van der Waals surface area (Å²) >= 11 is 7.55. The van der Waals surface area contributed by atoms with Crippen LogP contribution in [0, 0.1) is 0 Å². The number of hydrogen-bond donors (Lipinski definition) is 1. The summed E-state index contributed by atoms with van der Waals surface area (Å²) in [6, 6.07) is 7.19. The molecule has 5 nitrogen and oxygen atoms in total. The molecule has 23 heavy (non-hydrogen) atoms. The number of hydrogen-bond acceptors (Lipinski definition) is 5. The molecule has 0 radical (unpaired) electrons. The van der Waals surface area contributed by atoms with Crippen molar-refractivity contribution < 1.29 is 17.9 Å². The molecule has 1 aliphatic rings. The molecule has 0 unspecified atom stereocenters. The maximum absolute atomic E-state index is 11.6. The van der Waals surface area contributed by atoms with E-state index in [0.29, 0.717) is 12.3 Å². The van der Waals surface area contributed by atoms with Crippen LogP contribution in [0.3, 0.4) is 0 Å². The van der Waals surface area contributed by atoms with Crippen LogP contribution in [0.15, 0.2) is 29.2 Å². The van der Waals surface area contributed by atoms with Gasteiger partial charge in [0.2, 0.25) is 0 Å². The van der Waals surface area contributed by atoms with Gasteiger partial charge in [-0.15, -0.1) is 23.4 Å². The fourth-order valence-electron chi connectivity index (χ4n) is 2.14. The summed E-state index contributed by atoms with van der Waals surface area (Å²) in [7, 11) is -3.03. The van der Waals surface area contributed by atoms with Crippen LogP contribution in [0.1, 0.15) is 19.8 Å². The van der Waals surface area contributed by atoms with E-state index in [4.69, 9.17) is 16.3 Å². The molecule has 1 heterocycles. The Hall–Kier alpha value is -0.920. The predicted octanol–water partition coefficient (Wildman–Crippen LogP) is 3.53. The molecule has 1 fully saturated rings. The monoisotopic (exact) mass is 377 g/mol. The van der Waals surface area contributed by atoms with Gasteiger partial charge in [0.15, 0.2) is 9.84 Å². The van der Waals surface area contributed by atoms with Gasteiger partial charge in [0, 0.05) is 15.8 Å².